The molecular formula is C20H18N2O. The van der Waals surface area contributed by atoms with Crippen molar-refractivity contribution in [2.75, 3.05) is 0 Å². The number of benzene rings is 2. The van der Waals surface area contributed by atoms with Crippen LogP contribution in [0.2, 0.25) is 0 Å². The molecule has 2 aromatic carbocycles. The summed E-state index contributed by atoms with van der Waals surface area (Å²) in [5.41, 5.74) is 10.7. The first-order chi connectivity index (χ1) is 11.1. The second-order valence-corrected chi connectivity index (χ2v) is 6.17. The highest BCUT2D eigenvalue weighted by Gasteiger charge is 2.51. The third-order valence-corrected chi connectivity index (χ3v) is 4.78. The summed E-state index contributed by atoms with van der Waals surface area (Å²) in [6.07, 6.45) is 4.30. The lowest BCUT2D eigenvalue weighted by molar-refractivity contribution is -0.126. The van der Waals surface area contributed by atoms with Gasteiger partial charge in [-0.05, 0) is 29.7 Å². The fraction of sp³-hybridized carbons (Fsp3) is 0.150. The molecule has 0 spiro atoms. The maximum absolute atomic E-state index is 12.6. The van der Waals surface area contributed by atoms with E-state index in [-0.39, 0.29) is 5.91 Å². The summed E-state index contributed by atoms with van der Waals surface area (Å²) in [6, 6.07) is 18.4. The van der Waals surface area contributed by atoms with Gasteiger partial charge in [-0.25, -0.2) is 0 Å². The largest absolute Gasteiger partial charge is 0.400 e. The van der Waals surface area contributed by atoms with Gasteiger partial charge in [0.2, 0.25) is 0 Å². The number of allylic oxidation sites excluding steroid dienone is 1. The fourth-order valence-corrected chi connectivity index (χ4v) is 3.84. The number of nitrogens with zero attached hydrogens (tertiary/aromatic N) is 1. The van der Waals surface area contributed by atoms with E-state index in [2.05, 4.69) is 30.3 Å². The minimum Gasteiger partial charge on any atom is -0.400 e. The second kappa shape index (κ2) is 4.85. The highest BCUT2D eigenvalue weighted by Crippen LogP contribution is 2.48. The lowest BCUT2D eigenvalue weighted by Gasteiger charge is -2.44. The first-order valence-electron chi connectivity index (χ1n) is 7.76. The molecule has 3 heteroatoms. The van der Waals surface area contributed by atoms with Crippen molar-refractivity contribution in [3.05, 3.63) is 88.8 Å². The summed E-state index contributed by atoms with van der Waals surface area (Å²) in [5, 5.41) is 0. The Kier molecular flexibility index (Phi) is 2.91. The number of carbonyl (C=O) groups is 1. The van der Waals surface area contributed by atoms with Gasteiger partial charge in [-0.3, -0.25) is 9.69 Å². The molecule has 1 unspecified atom stereocenters. The van der Waals surface area contributed by atoms with E-state index in [4.69, 9.17) is 5.73 Å². The Labute approximate surface area is 135 Å². The molecule has 0 saturated carbocycles. The molecule has 2 heterocycles. The Balaban J connectivity index is 1.97. The predicted molar refractivity (Wildman–Crippen MR) is 91.0 cm³/mol. The van der Waals surface area contributed by atoms with E-state index in [1.54, 1.807) is 6.08 Å². The van der Waals surface area contributed by atoms with Crippen LogP contribution in [-0.4, -0.2) is 10.8 Å². The molecule has 1 atom stereocenters. The molecule has 4 rings (SSSR count). The van der Waals surface area contributed by atoms with Crippen molar-refractivity contribution in [1.82, 2.24) is 4.90 Å². The Morgan fingerprint density at radius 3 is 2.48 bits per heavy atom. The van der Waals surface area contributed by atoms with Crippen LogP contribution in [-0.2, 0) is 16.8 Å². The SMILES string of the molecule is CC1=Cc2ccccc2C2(Cc3ccccc3)C(N)=CC(=O)N12. The molecule has 2 aliphatic rings. The van der Waals surface area contributed by atoms with Crippen LogP contribution in [0.25, 0.3) is 6.08 Å². The van der Waals surface area contributed by atoms with Gasteiger partial charge in [0.05, 0.1) is 0 Å². The summed E-state index contributed by atoms with van der Waals surface area (Å²) >= 11 is 0. The molecule has 0 bridgehead atoms. The second-order valence-electron chi connectivity index (χ2n) is 6.17. The van der Waals surface area contributed by atoms with E-state index >= 15 is 0 Å². The zero-order chi connectivity index (χ0) is 16.0. The Hall–Kier alpha value is -2.81. The van der Waals surface area contributed by atoms with Crippen LogP contribution in [0.1, 0.15) is 23.6 Å². The average Bonchev–Trinajstić information content (AvgIpc) is 2.80. The average molecular weight is 302 g/mol. The molecule has 2 aliphatic heterocycles. The van der Waals surface area contributed by atoms with E-state index in [0.29, 0.717) is 12.1 Å². The van der Waals surface area contributed by atoms with E-state index < -0.39 is 5.54 Å². The van der Waals surface area contributed by atoms with Crippen molar-refractivity contribution >= 4 is 12.0 Å². The van der Waals surface area contributed by atoms with Crippen LogP contribution >= 0.6 is 0 Å². The highest BCUT2D eigenvalue weighted by atomic mass is 16.2. The Morgan fingerprint density at radius 1 is 1.00 bits per heavy atom. The number of fused-ring (bicyclic) bond motifs is 3. The Morgan fingerprint density at radius 2 is 1.70 bits per heavy atom. The quantitative estimate of drug-likeness (QED) is 0.926. The lowest BCUT2D eigenvalue weighted by atomic mass is 9.76. The first-order valence-corrected chi connectivity index (χ1v) is 7.76. The summed E-state index contributed by atoms with van der Waals surface area (Å²) in [5.74, 6) is -0.0401. The molecule has 3 nitrogen and oxygen atoms in total. The maximum atomic E-state index is 12.6. The van der Waals surface area contributed by atoms with Crippen LogP contribution in [0.4, 0.5) is 0 Å². The van der Waals surface area contributed by atoms with Gasteiger partial charge in [-0.1, -0.05) is 54.6 Å². The number of carbonyl (C=O) groups excluding carboxylic acids is 1. The van der Waals surface area contributed by atoms with Gasteiger partial charge in [0.25, 0.3) is 5.91 Å². The van der Waals surface area contributed by atoms with Gasteiger partial charge in [0.15, 0.2) is 0 Å². The van der Waals surface area contributed by atoms with E-state index in [9.17, 15) is 4.79 Å². The van der Waals surface area contributed by atoms with Gasteiger partial charge < -0.3 is 5.73 Å². The van der Waals surface area contributed by atoms with Gasteiger partial charge >= 0.3 is 0 Å². The van der Waals surface area contributed by atoms with Crippen molar-refractivity contribution in [1.29, 1.82) is 0 Å². The molecule has 2 N–H and O–H groups in total. The number of amides is 1. The van der Waals surface area contributed by atoms with Gasteiger partial charge in [-0.15, -0.1) is 0 Å². The maximum Gasteiger partial charge on any atom is 0.253 e. The van der Waals surface area contributed by atoms with E-state index in [1.807, 2.05) is 42.2 Å². The minimum atomic E-state index is -0.617. The summed E-state index contributed by atoms with van der Waals surface area (Å²) in [4.78, 5) is 14.4. The standard InChI is InChI=1S/C20H18N2O/c1-14-11-16-9-5-6-10-17(16)20(13-15-7-3-2-4-8-15)18(21)12-19(23)22(14)20/h2-12H,13,21H2,1H3. The molecule has 0 radical (unpaired) electrons. The van der Waals surface area contributed by atoms with Crippen LogP contribution < -0.4 is 5.73 Å². The van der Waals surface area contributed by atoms with Crippen molar-refractivity contribution in [2.24, 2.45) is 5.73 Å². The topological polar surface area (TPSA) is 46.3 Å². The van der Waals surface area contributed by atoms with Crippen LogP contribution in [0.15, 0.2) is 72.1 Å². The molecule has 23 heavy (non-hydrogen) atoms. The smallest absolute Gasteiger partial charge is 0.253 e. The van der Waals surface area contributed by atoms with Gasteiger partial charge in [-0.2, -0.15) is 0 Å². The number of hydrogen-bond donors (Lipinski definition) is 1. The fourth-order valence-electron chi connectivity index (χ4n) is 3.84. The monoisotopic (exact) mass is 302 g/mol. The summed E-state index contributed by atoms with van der Waals surface area (Å²) in [7, 11) is 0. The molecule has 1 amide bonds. The minimum absolute atomic E-state index is 0.0401. The van der Waals surface area contributed by atoms with Crippen molar-refractivity contribution in [3.63, 3.8) is 0 Å². The zero-order valence-corrected chi connectivity index (χ0v) is 13.0. The van der Waals surface area contributed by atoms with E-state index in [0.717, 1.165) is 22.4 Å². The number of hydrogen-bond acceptors (Lipinski definition) is 2. The molecule has 0 aromatic heterocycles. The summed E-state index contributed by atoms with van der Waals surface area (Å²) < 4.78 is 0. The molecule has 0 saturated heterocycles. The van der Waals surface area contributed by atoms with Crippen molar-refractivity contribution in [2.45, 2.75) is 18.9 Å². The predicted octanol–water partition coefficient (Wildman–Crippen LogP) is 3.18. The lowest BCUT2D eigenvalue weighted by Crippen LogP contribution is -2.50. The number of nitrogens with two attached hydrogens (primary N) is 1. The van der Waals surface area contributed by atoms with Gasteiger partial charge in [0, 0.05) is 23.9 Å². The highest BCUT2D eigenvalue weighted by molar-refractivity contribution is 5.96. The summed E-state index contributed by atoms with van der Waals surface area (Å²) in [6.45, 7) is 1.97. The third kappa shape index (κ3) is 1.86. The molecule has 0 aliphatic carbocycles. The van der Waals surface area contributed by atoms with Crippen molar-refractivity contribution in [3.8, 4) is 0 Å². The molecule has 2 aromatic rings. The van der Waals surface area contributed by atoms with Crippen LogP contribution in [0.3, 0.4) is 0 Å². The van der Waals surface area contributed by atoms with Crippen molar-refractivity contribution < 1.29 is 4.79 Å². The molecular weight excluding hydrogens is 284 g/mol. The third-order valence-electron chi connectivity index (χ3n) is 4.78. The van der Waals surface area contributed by atoms with Gasteiger partial charge in [0.1, 0.15) is 5.54 Å². The van der Waals surface area contributed by atoms with E-state index in [1.165, 1.54) is 0 Å². The Bertz CT molecular complexity index is 851. The molecule has 0 fully saturated rings. The first kappa shape index (κ1) is 13.8. The molecule has 114 valence electrons. The van der Waals surface area contributed by atoms with Crippen LogP contribution in [0.5, 0.6) is 0 Å². The van der Waals surface area contributed by atoms with Crippen LogP contribution in [0, 0.1) is 0 Å². The normalized spacial score (nSPS) is 22.3. The zero-order valence-electron chi connectivity index (χ0n) is 13.0. The number of rotatable bonds is 2.